The molecule has 0 saturated carbocycles. The van der Waals surface area contributed by atoms with Crippen molar-refractivity contribution in [2.75, 3.05) is 0 Å². The van der Waals surface area contributed by atoms with Crippen molar-refractivity contribution < 1.29 is 18.4 Å². The molecule has 0 aliphatic carbocycles. The number of furan rings is 1. The Labute approximate surface area is 148 Å². The molecule has 0 radical (unpaired) electrons. The van der Waals surface area contributed by atoms with Gasteiger partial charge in [-0.25, -0.2) is 9.59 Å². The van der Waals surface area contributed by atoms with Crippen LogP contribution in [0.25, 0.3) is 21.9 Å². The molecule has 0 bridgehead atoms. The molecule has 4 aromatic rings. The normalized spacial score (nSPS) is 11.2. The molecule has 26 heavy (non-hydrogen) atoms. The number of aryl methyl sites for hydroxylation is 2. The van der Waals surface area contributed by atoms with Crippen molar-refractivity contribution in [2.45, 2.75) is 20.5 Å². The highest BCUT2D eigenvalue weighted by Crippen LogP contribution is 2.26. The smallest absolute Gasteiger partial charge is 0.374 e. The van der Waals surface area contributed by atoms with Crippen LogP contribution < -0.4 is 5.63 Å². The third-order valence-electron chi connectivity index (χ3n) is 4.37. The van der Waals surface area contributed by atoms with E-state index in [-0.39, 0.29) is 12.4 Å². The maximum atomic E-state index is 12.5. The van der Waals surface area contributed by atoms with E-state index in [0.29, 0.717) is 16.7 Å². The predicted molar refractivity (Wildman–Crippen MR) is 97.3 cm³/mol. The van der Waals surface area contributed by atoms with Gasteiger partial charge in [-0.2, -0.15) is 0 Å². The Morgan fingerprint density at radius 2 is 1.77 bits per heavy atom. The van der Waals surface area contributed by atoms with E-state index in [1.807, 2.05) is 44.2 Å². The Morgan fingerprint density at radius 3 is 2.58 bits per heavy atom. The third kappa shape index (κ3) is 2.77. The van der Waals surface area contributed by atoms with Crippen LogP contribution in [-0.4, -0.2) is 5.97 Å². The maximum absolute atomic E-state index is 12.5. The zero-order valence-electron chi connectivity index (χ0n) is 14.4. The number of para-hydroxylation sites is 1. The second-order valence-corrected chi connectivity index (χ2v) is 6.22. The number of carbonyl (C=O) groups excluding carboxylic acids is 1. The fourth-order valence-electron chi connectivity index (χ4n) is 3.03. The fraction of sp³-hybridized carbons (Fsp3) is 0.143. The first-order valence-electron chi connectivity index (χ1n) is 8.21. The molecular weight excluding hydrogens is 332 g/mol. The van der Waals surface area contributed by atoms with Crippen molar-refractivity contribution in [2.24, 2.45) is 0 Å². The van der Waals surface area contributed by atoms with Gasteiger partial charge in [0, 0.05) is 28.0 Å². The first-order chi connectivity index (χ1) is 12.5. The molecule has 2 aromatic carbocycles. The number of benzene rings is 2. The Bertz CT molecular complexity index is 1200. The molecule has 0 saturated heterocycles. The third-order valence-corrected chi connectivity index (χ3v) is 4.37. The molecule has 2 heterocycles. The Hall–Kier alpha value is -3.34. The lowest BCUT2D eigenvalue weighted by Crippen LogP contribution is -2.08. The number of rotatable bonds is 3. The molecule has 2 aromatic heterocycles. The van der Waals surface area contributed by atoms with E-state index >= 15 is 0 Å². The summed E-state index contributed by atoms with van der Waals surface area (Å²) in [4.78, 5) is 24.2. The van der Waals surface area contributed by atoms with Crippen LogP contribution in [0.1, 0.15) is 27.2 Å². The fourth-order valence-corrected chi connectivity index (χ4v) is 3.03. The standard InChI is InChI=1S/C21H16O5/c1-12-7-8-16-14(10-19(22)25-18(16)9-12)11-24-21(23)20-13(2)15-5-3-4-6-17(15)26-20/h3-10H,11H2,1-2H3. The van der Waals surface area contributed by atoms with Gasteiger partial charge in [0.1, 0.15) is 17.8 Å². The highest BCUT2D eigenvalue weighted by Gasteiger charge is 2.19. The van der Waals surface area contributed by atoms with Crippen LogP contribution in [0.2, 0.25) is 0 Å². The lowest BCUT2D eigenvalue weighted by molar-refractivity contribution is 0.0438. The number of carbonyl (C=O) groups is 1. The van der Waals surface area contributed by atoms with Crippen LogP contribution in [0.5, 0.6) is 0 Å². The van der Waals surface area contributed by atoms with Crippen molar-refractivity contribution in [3.8, 4) is 0 Å². The quantitative estimate of drug-likeness (QED) is 0.402. The van der Waals surface area contributed by atoms with E-state index in [0.717, 1.165) is 21.9 Å². The molecule has 4 rings (SSSR count). The van der Waals surface area contributed by atoms with Gasteiger partial charge in [-0.15, -0.1) is 0 Å². The molecule has 5 nitrogen and oxygen atoms in total. The summed E-state index contributed by atoms with van der Waals surface area (Å²) < 4.78 is 16.2. The molecular formula is C21H16O5. The summed E-state index contributed by atoms with van der Waals surface area (Å²) >= 11 is 0. The summed E-state index contributed by atoms with van der Waals surface area (Å²) in [7, 11) is 0. The van der Waals surface area contributed by atoms with Crippen molar-refractivity contribution >= 4 is 27.9 Å². The molecule has 0 amide bonds. The lowest BCUT2D eigenvalue weighted by Gasteiger charge is -2.07. The van der Waals surface area contributed by atoms with Crippen molar-refractivity contribution in [3.63, 3.8) is 0 Å². The lowest BCUT2D eigenvalue weighted by atomic mass is 10.1. The van der Waals surface area contributed by atoms with E-state index in [1.54, 1.807) is 12.1 Å². The topological polar surface area (TPSA) is 69.7 Å². The maximum Gasteiger partial charge on any atom is 0.374 e. The monoisotopic (exact) mass is 348 g/mol. The highest BCUT2D eigenvalue weighted by molar-refractivity contribution is 5.96. The van der Waals surface area contributed by atoms with Crippen LogP contribution in [-0.2, 0) is 11.3 Å². The molecule has 0 unspecified atom stereocenters. The molecule has 130 valence electrons. The van der Waals surface area contributed by atoms with Gasteiger partial charge in [0.05, 0.1) is 0 Å². The van der Waals surface area contributed by atoms with Gasteiger partial charge in [-0.05, 0) is 31.5 Å². The summed E-state index contributed by atoms with van der Waals surface area (Å²) in [6.07, 6.45) is 0. The average molecular weight is 348 g/mol. The predicted octanol–water partition coefficient (Wildman–Crippen LogP) is 4.51. The molecule has 0 N–H and O–H groups in total. The summed E-state index contributed by atoms with van der Waals surface area (Å²) in [5.41, 5.74) is 2.94. The van der Waals surface area contributed by atoms with E-state index in [9.17, 15) is 9.59 Å². The second kappa shape index (κ2) is 6.19. The molecule has 5 heteroatoms. The van der Waals surface area contributed by atoms with Gasteiger partial charge in [0.25, 0.3) is 0 Å². The van der Waals surface area contributed by atoms with Gasteiger partial charge >= 0.3 is 11.6 Å². The summed E-state index contributed by atoms with van der Waals surface area (Å²) in [6.45, 7) is 3.69. The first kappa shape index (κ1) is 16.1. The van der Waals surface area contributed by atoms with Gasteiger partial charge in [-0.1, -0.05) is 30.3 Å². The van der Waals surface area contributed by atoms with E-state index in [2.05, 4.69) is 0 Å². The number of fused-ring (bicyclic) bond motifs is 2. The summed E-state index contributed by atoms with van der Waals surface area (Å²) in [6, 6.07) is 14.3. The number of ether oxygens (including phenoxy) is 1. The number of hydrogen-bond acceptors (Lipinski definition) is 5. The Morgan fingerprint density at radius 1 is 0.962 bits per heavy atom. The van der Waals surface area contributed by atoms with Crippen LogP contribution in [0.15, 0.2) is 62.2 Å². The molecule has 0 spiro atoms. The summed E-state index contributed by atoms with van der Waals surface area (Å²) in [5, 5.41) is 1.62. The molecule has 0 aliphatic rings. The molecule has 0 aliphatic heterocycles. The van der Waals surface area contributed by atoms with E-state index < -0.39 is 11.6 Å². The minimum atomic E-state index is -0.563. The van der Waals surface area contributed by atoms with Crippen molar-refractivity contribution in [1.82, 2.24) is 0 Å². The summed E-state index contributed by atoms with van der Waals surface area (Å²) in [5.74, 6) is -0.387. The van der Waals surface area contributed by atoms with Crippen LogP contribution >= 0.6 is 0 Å². The van der Waals surface area contributed by atoms with Gasteiger partial charge in [-0.3, -0.25) is 0 Å². The Balaban J connectivity index is 1.64. The van der Waals surface area contributed by atoms with Crippen molar-refractivity contribution in [3.05, 3.63) is 81.4 Å². The Kier molecular flexibility index (Phi) is 3.84. The van der Waals surface area contributed by atoms with E-state index in [1.165, 1.54) is 6.07 Å². The van der Waals surface area contributed by atoms with Gasteiger partial charge in [0.15, 0.2) is 0 Å². The number of hydrogen-bond donors (Lipinski definition) is 0. The van der Waals surface area contributed by atoms with Crippen LogP contribution in [0.3, 0.4) is 0 Å². The zero-order chi connectivity index (χ0) is 18.3. The van der Waals surface area contributed by atoms with Crippen molar-refractivity contribution in [1.29, 1.82) is 0 Å². The average Bonchev–Trinajstić information content (AvgIpc) is 2.96. The van der Waals surface area contributed by atoms with Crippen LogP contribution in [0.4, 0.5) is 0 Å². The molecule has 0 atom stereocenters. The molecule has 0 fully saturated rings. The number of esters is 1. The van der Waals surface area contributed by atoms with Gasteiger partial charge < -0.3 is 13.6 Å². The minimum absolute atomic E-state index is 0.0412. The highest BCUT2D eigenvalue weighted by atomic mass is 16.5. The minimum Gasteiger partial charge on any atom is -0.455 e. The second-order valence-electron chi connectivity index (χ2n) is 6.22. The SMILES string of the molecule is Cc1ccc2c(COC(=O)c3oc4ccccc4c3C)cc(=O)oc2c1. The zero-order valence-corrected chi connectivity index (χ0v) is 14.4. The van der Waals surface area contributed by atoms with Crippen LogP contribution in [0, 0.1) is 13.8 Å². The van der Waals surface area contributed by atoms with E-state index in [4.69, 9.17) is 13.6 Å². The largest absolute Gasteiger partial charge is 0.455 e. The van der Waals surface area contributed by atoms with Gasteiger partial charge in [0.2, 0.25) is 5.76 Å². The first-order valence-corrected chi connectivity index (χ1v) is 8.21.